The average molecular weight is 318 g/mol. The van der Waals surface area contributed by atoms with Crippen LogP contribution in [-0.4, -0.2) is 37.6 Å². The monoisotopic (exact) mass is 318 g/mol. The van der Waals surface area contributed by atoms with Crippen molar-refractivity contribution in [3.8, 4) is 0 Å². The number of nitrogens with zero attached hydrogens (tertiary/aromatic N) is 1. The van der Waals surface area contributed by atoms with Gasteiger partial charge in [0.25, 0.3) is 0 Å². The number of amides is 3. The highest BCUT2D eigenvalue weighted by atomic mass is 16.2. The van der Waals surface area contributed by atoms with Crippen LogP contribution in [-0.2, 0) is 4.79 Å². The maximum Gasteiger partial charge on any atom is 0.321 e. The van der Waals surface area contributed by atoms with Gasteiger partial charge in [-0.3, -0.25) is 10.1 Å². The molecule has 0 aliphatic carbocycles. The number of hydrogen-bond donors (Lipinski definition) is 3. The van der Waals surface area contributed by atoms with Gasteiger partial charge in [-0.15, -0.1) is 0 Å². The van der Waals surface area contributed by atoms with Gasteiger partial charge in [0.2, 0.25) is 5.91 Å². The number of hydrogen-bond acceptors (Lipinski definition) is 4. The van der Waals surface area contributed by atoms with Crippen LogP contribution in [0.4, 0.5) is 16.2 Å². The summed E-state index contributed by atoms with van der Waals surface area (Å²) in [5, 5.41) is 7.95. The van der Waals surface area contributed by atoms with E-state index in [9.17, 15) is 9.59 Å². The summed E-state index contributed by atoms with van der Waals surface area (Å²) in [6.07, 6.45) is 3.81. The number of imide groups is 1. The van der Waals surface area contributed by atoms with Crippen molar-refractivity contribution in [1.82, 2.24) is 10.6 Å². The van der Waals surface area contributed by atoms with Crippen molar-refractivity contribution in [1.29, 1.82) is 0 Å². The third-order valence-corrected chi connectivity index (χ3v) is 3.94. The fraction of sp³-hybridized carbons (Fsp3) is 0.529. The maximum atomic E-state index is 11.9. The highest BCUT2D eigenvalue weighted by Gasteiger charge is 2.15. The molecule has 2 rings (SSSR count). The summed E-state index contributed by atoms with van der Waals surface area (Å²) in [6.45, 7) is 6.23. The normalized spacial score (nSPS) is 15.7. The lowest BCUT2D eigenvalue weighted by Crippen LogP contribution is -2.45. The van der Waals surface area contributed by atoms with Gasteiger partial charge in [-0.2, -0.15) is 0 Å². The van der Waals surface area contributed by atoms with Crippen LogP contribution in [0.2, 0.25) is 0 Å². The number of rotatable bonds is 5. The Hall–Kier alpha value is -2.24. The largest absolute Gasteiger partial charge is 0.374 e. The molecule has 1 heterocycles. The third-order valence-electron chi connectivity index (χ3n) is 3.94. The van der Waals surface area contributed by atoms with Gasteiger partial charge < -0.3 is 15.5 Å². The molecule has 1 saturated heterocycles. The molecule has 0 spiro atoms. The van der Waals surface area contributed by atoms with Gasteiger partial charge in [0.15, 0.2) is 0 Å². The summed E-state index contributed by atoms with van der Waals surface area (Å²) < 4.78 is 0. The maximum absolute atomic E-state index is 11.9. The van der Waals surface area contributed by atoms with E-state index in [0.29, 0.717) is 6.54 Å². The molecule has 6 heteroatoms. The molecular weight excluding hydrogens is 292 g/mol. The Bertz CT molecular complexity index is 524. The van der Waals surface area contributed by atoms with E-state index >= 15 is 0 Å². The standard InChI is InChI=1S/C17H26N4O2/c1-3-18-17(23)20-16(22)13(2)19-14-7-9-15(10-8-14)21-11-5-4-6-12-21/h7-10,13,19H,3-6,11-12H2,1-2H3,(H2,18,20,22,23). The predicted octanol–water partition coefficient (Wildman–Crippen LogP) is 2.32. The number of carbonyl (C=O) groups excluding carboxylic acids is 2. The van der Waals surface area contributed by atoms with Crippen LogP contribution in [0, 0.1) is 0 Å². The zero-order valence-corrected chi connectivity index (χ0v) is 13.9. The summed E-state index contributed by atoms with van der Waals surface area (Å²) in [5.74, 6) is -0.351. The first-order valence-electron chi connectivity index (χ1n) is 8.30. The number of anilines is 2. The highest BCUT2D eigenvalue weighted by Crippen LogP contribution is 2.22. The van der Waals surface area contributed by atoms with Crippen LogP contribution in [0.3, 0.4) is 0 Å². The van der Waals surface area contributed by atoms with Gasteiger partial charge in [0.05, 0.1) is 0 Å². The van der Waals surface area contributed by atoms with Crippen LogP contribution in [0.15, 0.2) is 24.3 Å². The molecule has 1 aliphatic rings. The first-order valence-corrected chi connectivity index (χ1v) is 8.30. The minimum absolute atomic E-state index is 0.351. The Kier molecular flexibility index (Phi) is 6.26. The molecular formula is C17H26N4O2. The van der Waals surface area contributed by atoms with E-state index in [1.165, 1.54) is 24.9 Å². The second kappa shape index (κ2) is 8.41. The van der Waals surface area contributed by atoms with Gasteiger partial charge in [-0.05, 0) is 57.4 Å². The van der Waals surface area contributed by atoms with Gasteiger partial charge in [-0.25, -0.2) is 4.79 Å². The van der Waals surface area contributed by atoms with Crippen molar-refractivity contribution in [2.45, 2.75) is 39.2 Å². The molecule has 1 aromatic rings. The van der Waals surface area contributed by atoms with Crippen LogP contribution >= 0.6 is 0 Å². The van der Waals surface area contributed by atoms with Gasteiger partial charge >= 0.3 is 6.03 Å². The topological polar surface area (TPSA) is 73.5 Å². The quantitative estimate of drug-likeness (QED) is 0.779. The van der Waals surface area contributed by atoms with E-state index in [1.54, 1.807) is 13.8 Å². The molecule has 23 heavy (non-hydrogen) atoms. The molecule has 0 aromatic heterocycles. The molecule has 0 radical (unpaired) electrons. The fourth-order valence-electron chi connectivity index (χ4n) is 2.66. The van der Waals surface area contributed by atoms with Crippen LogP contribution in [0.5, 0.6) is 0 Å². The van der Waals surface area contributed by atoms with E-state index in [2.05, 4.69) is 33.0 Å². The summed E-state index contributed by atoms with van der Waals surface area (Å²) in [5.41, 5.74) is 2.08. The van der Waals surface area contributed by atoms with Gasteiger partial charge in [0.1, 0.15) is 6.04 Å². The van der Waals surface area contributed by atoms with Crippen LogP contribution in [0.1, 0.15) is 33.1 Å². The number of urea groups is 1. The van der Waals surface area contributed by atoms with E-state index < -0.39 is 12.1 Å². The van der Waals surface area contributed by atoms with Crippen molar-refractivity contribution >= 4 is 23.3 Å². The van der Waals surface area contributed by atoms with E-state index in [0.717, 1.165) is 18.8 Å². The Morgan fingerprint density at radius 3 is 2.39 bits per heavy atom. The first kappa shape index (κ1) is 17.1. The van der Waals surface area contributed by atoms with Crippen molar-refractivity contribution in [2.75, 3.05) is 29.9 Å². The molecule has 1 unspecified atom stereocenters. The minimum atomic E-state index is -0.488. The van der Waals surface area contributed by atoms with Gasteiger partial charge in [-0.1, -0.05) is 0 Å². The zero-order valence-electron chi connectivity index (χ0n) is 13.9. The van der Waals surface area contributed by atoms with Crippen molar-refractivity contribution in [3.05, 3.63) is 24.3 Å². The number of piperidine rings is 1. The fourth-order valence-corrected chi connectivity index (χ4v) is 2.66. The third kappa shape index (κ3) is 5.16. The lowest BCUT2D eigenvalue weighted by atomic mass is 10.1. The summed E-state index contributed by atoms with van der Waals surface area (Å²) in [6, 6.07) is 7.13. The Balaban J connectivity index is 1.87. The molecule has 0 bridgehead atoms. The molecule has 1 fully saturated rings. The number of nitrogens with one attached hydrogen (secondary N) is 3. The molecule has 1 atom stereocenters. The lowest BCUT2D eigenvalue weighted by Gasteiger charge is -2.29. The Labute approximate surface area is 137 Å². The molecule has 126 valence electrons. The molecule has 0 saturated carbocycles. The van der Waals surface area contributed by atoms with Crippen LogP contribution < -0.4 is 20.9 Å². The molecule has 1 aliphatic heterocycles. The number of benzene rings is 1. The van der Waals surface area contributed by atoms with E-state index in [1.807, 2.05) is 12.1 Å². The SMILES string of the molecule is CCNC(=O)NC(=O)C(C)Nc1ccc(N2CCCCC2)cc1. The lowest BCUT2D eigenvalue weighted by molar-refractivity contribution is -0.120. The molecule has 1 aromatic carbocycles. The summed E-state index contributed by atoms with van der Waals surface area (Å²) in [4.78, 5) is 25.6. The van der Waals surface area contributed by atoms with Crippen LogP contribution in [0.25, 0.3) is 0 Å². The Morgan fingerprint density at radius 1 is 1.13 bits per heavy atom. The average Bonchev–Trinajstić information content (AvgIpc) is 2.56. The molecule has 3 amide bonds. The number of carbonyl (C=O) groups is 2. The van der Waals surface area contributed by atoms with Gasteiger partial charge in [0, 0.05) is 31.0 Å². The second-order valence-electron chi connectivity index (χ2n) is 5.81. The van der Waals surface area contributed by atoms with E-state index in [-0.39, 0.29) is 5.91 Å². The molecule has 6 nitrogen and oxygen atoms in total. The van der Waals surface area contributed by atoms with Crippen molar-refractivity contribution in [3.63, 3.8) is 0 Å². The first-order chi connectivity index (χ1) is 11.1. The second-order valence-corrected chi connectivity index (χ2v) is 5.81. The highest BCUT2D eigenvalue weighted by molar-refractivity contribution is 5.97. The summed E-state index contributed by atoms with van der Waals surface area (Å²) >= 11 is 0. The summed E-state index contributed by atoms with van der Waals surface area (Å²) in [7, 11) is 0. The minimum Gasteiger partial charge on any atom is -0.374 e. The predicted molar refractivity (Wildman–Crippen MR) is 92.8 cm³/mol. The molecule has 3 N–H and O–H groups in total. The van der Waals surface area contributed by atoms with Crippen molar-refractivity contribution < 1.29 is 9.59 Å². The Morgan fingerprint density at radius 2 is 1.78 bits per heavy atom. The van der Waals surface area contributed by atoms with Crippen molar-refractivity contribution in [2.24, 2.45) is 0 Å². The smallest absolute Gasteiger partial charge is 0.321 e. The van der Waals surface area contributed by atoms with E-state index in [4.69, 9.17) is 0 Å². The zero-order chi connectivity index (χ0) is 16.7.